The molecule has 0 spiro atoms. The van der Waals surface area contributed by atoms with Crippen molar-refractivity contribution in [3.8, 4) is 5.75 Å². The quantitative estimate of drug-likeness (QED) is 0.225. The highest BCUT2D eigenvalue weighted by Crippen LogP contribution is 2.16. The van der Waals surface area contributed by atoms with Crippen molar-refractivity contribution in [2.75, 3.05) is 11.9 Å². The number of unbranched alkanes of at least 4 members (excludes halogenated alkanes) is 5. The summed E-state index contributed by atoms with van der Waals surface area (Å²) in [6.45, 7) is 0.740. The molecule has 0 saturated carbocycles. The standard InChI is InChI=1S/C21H27BrO3/c22-15-5-3-1-2-4-6-16-24-20-11-9-18(10-12-20)21(23)14-13-19-8-7-17-25-19/h7-12,17H,1-6,13-16H2. The first-order chi connectivity index (χ1) is 12.3. The predicted octanol–water partition coefficient (Wildman–Crippen LogP) is 6.21. The minimum absolute atomic E-state index is 0.131. The van der Waals surface area contributed by atoms with Crippen LogP contribution in [-0.2, 0) is 6.42 Å². The van der Waals surface area contributed by atoms with Crippen LogP contribution in [0.2, 0.25) is 0 Å². The number of aryl methyl sites for hydroxylation is 1. The molecular formula is C21H27BrO3. The van der Waals surface area contributed by atoms with Gasteiger partial charge in [0.1, 0.15) is 11.5 Å². The third kappa shape index (κ3) is 7.91. The molecular weight excluding hydrogens is 380 g/mol. The number of carbonyl (C=O) groups excluding carboxylic acids is 1. The summed E-state index contributed by atoms with van der Waals surface area (Å²) in [5.74, 6) is 1.81. The van der Waals surface area contributed by atoms with Crippen molar-refractivity contribution in [3.05, 3.63) is 54.0 Å². The molecule has 1 aromatic carbocycles. The van der Waals surface area contributed by atoms with Crippen LogP contribution >= 0.6 is 15.9 Å². The molecule has 0 saturated heterocycles. The molecule has 0 amide bonds. The van der Waals surface area contributed by atoms with Crippen LogP contribution in [0, 0.1) is 0 Å². The molecule has 0 fully saturated rings. The number of ketones is 1. The summed E-state index contributed by atoms with van der Waals surface area (Å²) in [4.78, 5) is 12.2. The van der Waals surface area contributed by atoms with Crippen molar-refractivity contribution >= 4 is 21.7 Å². The SMILES string of the molecule is O=C(CCc1ccco1)c1ccc(OCCCCCCCCBr)cc1. The molecule has 0 unspecified atom stereocenters. The van der Waals surface area contributed by atoms with E-state index in [1.165, 1.54) is 32.1 Å². The van der Waals surface area contributed by atoms with E-state index in [1.807, 2.05) is 36.4 Å². The fourth-order valence-electron chi connectivity index (χ4n) is 2.67. The van der Waals surface area contributed by atoms with Crippen LogP contribution in [0.15, 0.2) is 47.1 Å². The molecule has 0 atom stereocenters. The zero-order valence-corrected chi connectivity index (χ0v) is 16.3. The summed E-state index contributed by atoms with van der Waals surface area (Å²) >= 11 is 3.46. The van der Waals surface area contributed by atoms with E-state index in [-0.39, 0.29) is 5.78 Å². The largest absolute Gasteiger partial charge is 0.494 e. The molecule has 25 heavy (non-hydrogen) atoms. The smallest absolute Gasteiger partial charge is 0.163 e. The van der Waals surface area contributed by atoms with Gasteiger partial charge in [0, 0.05) is 23.7 Å². The highest BCUT2D eigenvalue weighted by Gasteiger charge is 2.07. The van der Waals surface area contributed by atoms with Gasteiger partial charge in [0.15, 0.2) is 5.78 Å². The summed E-state index contributed by atoms with van der Waals surface area (Å²) in [6.07, 6.45) is 10.2. The average Bonchev–Trinajstić information content (AvgIpc) is 3.16. The number of carbonyl (C=O) groups is 1. The molecule has 0 N–H and O–H groups in total. The number of Topliss-reactive ketones (excluding diaryl/α,β-unsaturated/α-hetero) is 1. The van der Waals surface area contributed by atoms with Gasteiger partial charge in [-0.2, -0.15) is 0 Å². The molecule has 4 heteroatoms. The summed E-state index contributed by atoms with van der Waals surface area (Å²) in [7, 11) is 0. The Morgan fingerprint density at radius 3 is 2.36 bits per heavy atom. The molecule has 1 heterocycles. The van der Waals surface area contributed by atoms with Gasteiger partial charge in [0.05, 0.1) is 12.9 Å². The molecule has 136 valence electrons. The molecule has 0 aliphatic carbocycles. The lowest BCUT2D eigenvalue weighted by atomic mass is 10.1. The summed E-state index contributed by atoms with van der Waals surface area (Å²) in [5, 5.41) is 1.11. The number of ether oxygens (including phenoxy) is 1. The summed E-state index contributed by atoms with van der Waals surface area (Å²) in [5.41, 5.74) is 0.727. The van der Waals surface area contributed by atoms with Crippen LogP contribution in [0.5, 0.6) is 5.75 Å². The normalized spacial score (nSPS) is 10.8. The number of hydrogen-bond acceptors (Lipinski definition) is 3. The van der Waals surface area contributed by atoms with Crippen LogP contribution in [-0.4, -0.2) is 17.7 Å². The first-order valence-corrected chi connectivity index (χ1v) is 10.3. The maximum Gasteiger partial charge on any atom is 0.163 e. The Balaban J connectivity index is 1.61. The number of benzene rings is 1. The van der Waals surface area contributed by atoms with E-state index >= 15 is 0 Å². The van der Waals surface area contributed by atoms with E-state index in [1.54, 1.807) is 6.26 Å². The van der Waals surface area contributed by atoms with E-state index in [4.69, 9.17) is 9.15 Å². The zero-order chi connectivity index (χ0) is 17.7. The van der Waals surface area contributed by atoms with Gasteiger partial charge in [-0.15, -0.1) is 0 Å². The topological polar surface area (TPSA) is 39.4 Å². The maximum atomic E-state index is 12.2. The Morgan fingerprint density at radius 1 is 0.960 bits per heavy atom. The summed E-state index contributed by atoms with van der Waals surface area (Å²) in [6, 6.07) is 11.2. The van der Waals surface area contributed by atoms with Gasteiger partial charge in [0.25, 0.3) is 0 Å². The fourth-order valence-corrected chi connectivity index (χ4v) is 3.06. The van der Waals surface area contributed by atoms with Gasteiger partial charge in [-0.25, -0.2) is 0 Å². The lowest BCUT2D eigenvalue weighted by Crippen LogP contribution is -2.02. The highest BCUT2D eigenvalue weighted by atomic mass is 79.9. The molecule has 3 nitrogen and oxygen atoms in total. The molecule has 2 rings (SSSR count). The molecule has 0 aliphatic heterocycles. The molecule has 2 aromatic rings. The monoisotopic (exact) mass is 406 g/mol. The number of furan rings is 1. The van der Waals surface area contributed by atoms with Crippen LogP contribution in [0.25, 0.3) is 0 Å². The highest BCUT2D eigenvalue weighted by molar-refractivity contribution is 9.09. The predicted molar refractivity (Wildman–Crippen MR) is 105 cm³/mol. The zero-order valence-electron chi connectivity index (χ0n) is 14.7. The first-order valence-electron chi connectivity index (χ1n) is 9.14. The van der Waals surface area contributed by atoms with E-state index in [0.29, 0.717) is 12.8 Å². The number of alkyl halides is 1. The Kier molecular flexibility index (Phi) is 9.42. The number of halogens is 1. The minimum Gasteiger partial charge on any atom is -0.494 e. The second-order valence-electron chi connectivity index (χ2n) is 6.19. The fraction of sp³-hybridized carbons (Fsp3) is 0.476. The Labute approximate surface area is 158 Å². The average molecular weight is 407 g/mol. The van der Waals surface area contributed by atoms with Gasteiger partial charge in [-0.3, -0.25) is 4.79 Å². The van der Waals surface area contributed by atoms with Crippen molar-refractivity contribution in [1.29, 1.82) is 0 Å². The van der Waals surface area contributed by atoms with Crippen LogP contribution in [0.4, 0.5) is 0 Å². The van der Waals surface area contributed by atoms with Gasteiger partial charge >= 0.3 is 0 Å². The second-order valence-corrected chi connectivity index (χ2v) is 6.98. The van der Waals surface area contributed by atoms with Crippen molar-refractivity contribution in [3.63, 3.8) is 0 Å². The van der Waals surface area contributed by atoms with Crippen molar-refractivity contribution in [1.82, 2.24) is 0 Å². The van der Waals surface area contributed by atoms with Gasteiger partial charge in [-0.1, -0.05) is 41.6 Å². The molecule has 0 radical (unpaired) electrons. The van der Waals surface area contributed by atoms with E-state index in [9.17, 15) is 4.79 Å². The third-order valence-electron chi connectivity index (χ3n) is 4.15. The van der Waals surface area contributed by atoms with Crippen molar-refractivity contribution < 1.29 is 13.9 Å². The van der Waals surface area contributed by atoms with Gasteiger partial charge < -0.3 is 9.15 Å². The van der Waals surface area contributed by atoms with Crippen LogP contribution < -0.4 is 4.74 Å². The van der Waals surface area contributed by atoms with Crippen LogP contribution in [0.3, 0.4) is 0 Å². The second kappa shape index (κ2) is 11.9. The third-order valence-corrected chi connectivity index (χ3v) is 4.71. The Hall–Kier alpha value is -1.55. The van der Waals surface area contributed by atoms with Crippen LogP contribution in [0.1, 0.15) is 61.1 Å². The van der Waals surface area contributed by atoms with E-state index in [0.717, 1.165) is 35.4 Å². The van der Waals surface area contributed by atoms with Gasteiger partial charge in [-0.05, 0) is 49.2 Å². The Morgan fingerprint density at radius 2 is 1.68 bits per heavy atom. The summed E-state index contributed by atoms with van der Waals surface area (Å²) < 4.78 is 11.0. The van der Waals surface area contributed by atoms with E-state index in [2.05, 4.69) is 15.9 Å². The van der Waals surface area contributed by atoms with Crippen molar-refractivity contribution in [2.45, 2.75) is 51.4 Å². The first kappa shape index (κ1) is 19.8. The minimum atomic E-state index is 0.131. The molecule has 0 aliphatic rings. The molecule has 0 bridgehead atoms. The molecule has 1 aromatic heterocycles. The van der Waals surface area contributed by atoms with Crippen molar-refractivity contribution in [2.24, 2.45) is 0 Å². The van der Waals surface area contributed by atoms with Gasteiger partial charge in [0.2, 0.25) is 0 Å². The number of hydrogen-bond donors (Lipinski definition) is 0. The number of rotatable bonds is 13. The lowest BCUT2D eigenvalue weighted by molar-refractivity contribution is 0.0981. The van der Waals surface area contributed by atoms with E-state index < -0.39 is 0 Å². The maximum absolute atomic E-state index is 12.2. The lowest BCUT2D eigenvalue weighted by Gasteiger charge is -2.07. The Bertz CT molecular complexity index is 590.